The second-order valence-corrected chi connectivity index (χ2v) is 7.94. The number of nitrogens with zero attached hydrogens (tertiary/aromatic N) is 2. The van der Waals surface area contributed by atoms with E-state index in [0.717, 1.165) is 0 Å². The fourth-order valence-corrected chi connectivity index (χ4v) is 3.62. The molecule has 2 aromatic carbocycles. The van der Waals surface area contributed by atoms with Crippen LogP contribution >= 0.6 is 11.6 Å². The number of amides is 1. The maximum atomic E-state index is 12.6. The van der Waals surface area contributed by atoms with Crippen molar-refractivity contribution in [2.24, 2.45) is 0 Å². The highest BCUT2D eigenvalue weighted by Gasteiger charge is 2.17. The van der Waals surface area contributed by atoms with E-state index in [4.69, 9.17) is 21.1 Å². The molecule has 9 nitrogen and oxygen atoms in total. The first kappa shape index (κ1) is 21.3. The normalized spacial score (nSPS) is 10.9. The van der Waals surface area contributed by atoms with Gasteiger partial charge in [0, 0.05) is 11.8 Å². The SMILES string of the molecule is COc1cc(NS(=O)(=O)c2ccc(NC(=O)c3ccccc3Cl)cc2)nc(OC)n1. The number of ether oxygens (including phenoxy) is 2. The highest BCUT2D eigenvalue weighted by Crippen LogP contribution is 2.22. The topological polar surface area (TPSA) is 120 Å². The van der Waals surface area contributed by atoms with Crippen LogP contribution in [0.2, 0.25) is 5.02 Å². The van der Waals surface area contributed by atoms with Crippen LogP contribution < -0.4 is 19.5 Å². The third kappa shape index (κ3) is 4.97. The Kier molecular flexibility index (Phi) is 6.38. The van der Waals surface area contributed by atoms with Gasteiger partial charge in [0.2, 0.25) is 5.88 Å². The molecule has 3 rings (SSSR count). The van der Waals surface area contributed by atoms with Gasteiger partial charge in [-0.05, 0) is 36.4 Å². The van der Waals surface area contributed by atoms with E-state index in [2.05, 4.69) is 20.0 Å². The largest absolute Gasteiger partial charge is 0.481 e. The number of rotatable bonds is 7. The summed E-state index contributed by atoms with van der Waals surface area (Å²) in [7, 11) is -1.22. The first-order valence-corrected chi connectivity index (χ1v) is 10.3. The Bertz CT molecular complexity index is 1150. The summed E-state index contributed by atoms with van der Waals surface area (Å²) in [6.45, 7) is 0. The molecule has 156 valence electrons. The van der Waals surface area contributed by atoms with Crippen molar-refractivity contribution >= 4 is 39.0 Å². The second kappa shape index (κ2) is 8.97. The standard InChI is InChI=1S/C19H17ClN4O5S/c1-28-17-11-16(22-19(23-17)29-2)24-30(26,27)13-9-7-12(8-10-13)21-18(25)14-5-3-4-6-15(14)20/h3-11H,1-2H3,(H,21,25)(H,22,23,24). The molecule has 3 aromatic rings. The number of halogens is 1. The summed E-state index contributed by atoms with van der Waals surface area (Å²) in [6, 6.07) is 13.5. The van der Waals surface area contributed by atoms with Gasteiger partial charge in [0.25, 0.3) is 15.9 Å². The van der Waals surface area contributed by atoms with Gasteiger partial charge >= 0.3 is 6.01 Å². The third-order valence-corrected chi connectivity index (χ3v) is 5.55. The van der Waals surface area contributed by atoms with E-state index in [-0.39, 0.29) is 22.6 Å². The molecule has 0 atom stereocenters. The lowest BCUT2D eigenvalue weighted by atomic mass is 10.2. The van der Waals surface area contributed by atoms with Crippen LogP contribution in [-0.4, -0.2) is 38.5 Å². The van der Waals surface area contributed by atoms with Crippen molar-refractivity contribution in [3.63, 3.8) is 0 Å². The Morgan fingerprint density at radius 2 is 1.70 bits per heavy atom. The van der Waals surface area contributed by atoms with Crippen molar-refractivity contribution < 1.29 is 22.7 Å². The van der Waals surface area contributed by atoms with Crippen LogP contribution in [0, 0.1) is 0 Å². The molecule has 11 heteroatoms. The lowest BCUT2D eigenvalue weighted by Gasteiger charge is -2.11. The molecule has 0 bridgehead atoms. The highest BCUT2D eigenvalue weighted by molar-refractivity contribution is 7.92. The second-order valence-electron chi connectivity index (χ2n) is 5.85. The number of carbonyl (C=O) groups excluding carboxylic acids is 1. The molecule has 30 heavy (non-hydrogen) atoms. The molecule has 0 fully saturated rings. The van der Waals surface area contributed by atoms with Gasteiger partial charge in [0.15, 0.2) is 5.82 Å². The summed E-state index contributed by atoms with van der Waals surface area (Å²) < 4.78 is 37.5. The van der Waals surface area contributed by atoms with Crippen molar-refractivity contribution in [2.45, 2.75) is 4.90 Å². The van der Waals surface area contributed by atoms with E-state index < -0.39 is 15.9 Å². The number of nitrogens with one attached hydrogen (secondary N) is 2. The minimum absolute atomic E-state index is 0.0187. The molecular formula is C19H17ClN4O5S. The summed E-state index contributed by atoms with van der Waals surface area (Å²) in [5, 5.41) is 2.98. The van der Waals surface area contributed by atoms with Gasteiger partial charge in [0.1, 0.15) is 0 Å². The maximum absolute atomic E-state index is 12.6. The van der Waals surface area contributed by atoms with Crippen molar-refractivity contribution in [1.29, 1.82) is 0 Å². The minimum atomic E-state index is -3.95. The molecule has 0 radical (unpaired) electrons. The first-order chi connectivity index (χ1) is 14.3. The number of benzene rings is 2. The smallest absolute Gasteiger partial charge is 0.321 e. The molecule has 1 aromatic heterocycles. The van der Waals surface area contributed by atoms with E-state index >= 15 is 0 Å². The molecule has 0 aliphatic rings. The quantitative estimate of drug-likeness (QED) is 0.569. The van der Waals surface area contributed by atoms with Crippen molar-refractivity contribution in [3.05, 3.63) is 65.2 Å². The maximum Gasteiger partial charge on any atom is 0.321 e. The van der Waals surface area contributed by atoms with Gasteiger partial charge in [-0.25, -0.2) is 8.42 Å². The van der Waals surface area contributed by atoms with Crippen LogP contribution in [-0.2, 0) is 10.0 Å². The van der Waals surface area contributed by atoms with E-state index in [1.165, 1.54) is 44.6 Å². The summed E-state index contributed by atoms with van der Waals surface area (Å²) in [4.78, 5) is 20.1. The summed E-state index contributed by atoms with van der Waals surface area (Å²) >= 11 is 6.01. The molecule has 0 spiro atoms. The fraction of sp³-hybridized carbons (Fsp3) is 0.105. The number of aromatic nitrogens is 2. The van der Waals surface area contributed by atoms with E-state index in [0.29, 0.717) is 16.3 Å². The predicted molar refractivity (Wildman–Crippen MR) is 112 cm³/mol. The van der Waals surface area contributed by atoms with Crippen molar-refractivity contribution in [1.82, 2.24) is 9.97 Å². The molecule has 1 amide bonds. The van der Waals surface area contributed by atoms with Gasteiger partial charge in [-0.2, -0.15) is 9.97 Å². The summed E-state index contributed by atoms with van der Waals surface area (Å²) in [6.07, 6.45) is 0. The monoisotopic (exact) mass is 448 g/mol. The molecule has 0 saturated heterocycles. The zero-order chi connectivity index (χ0) is 21.7. The zero-order valence-corrected chi connectivity index (χ0v) is 17.5. The van der Waals surface area contributed by atoms with Gasteiger partial charge in [-0.1, -0.05) is 23.7 Å². The zero-order valence-electron chi connectivity index (χ0n) is 15.9. The molecule has 0 unspecified atom stereocenters. The lowest BCUT2D eigenvalue weighted by Crippen LogP contribution is -2.15. The Balaban J connectivity index is 1.77. The van der Waals surface area contributed by atoms with E-state index in [1.807, 2.05) is 0 Å². The number of sulfonamides is 1. The van der Waals surface area contributed by atoms with Crippen LogP contribution in [0.4, 0.5) is 11.5 Å². The molecule has 1 heterocycles. The number of methoxy groups -OCH3 is 2. The van der Waals surface area contributed by atoms with Gasteiger partial charge in [0.05, 0.1) is 29.7 Å². The molecular weight excluding hydrogens is 432 g/mol. The van der Waals surface area contributed by atoms with Crippen LogP contribution in [0.5, 0.6) is 11.9 Å². The number of hydrogen-bond donors (Lipinski definition) is 2. The molecule has 0 aliphatic heterocycles. The molecule has 0 saturated carbocycles. The first-order valence-electron chi connectivity index (χ1n) is 8.48. The van der Waals surface area contributed by atoms with E-state index in [9.17, 15) is 13.2 Å². The predicted octanol–water partition coefficient (Wildman–Crippen LogP) is 3.20. The van der Waals surface area contributed by atoms with Gasteiger partial charge in [-0.3, -0.25) is 9.52 Å². The molecule has 2 N–H and O–H groups in total. The van der Waals surface area contributed by atoms with Crippen LogP contribution in [0.25, 0.3) is 0 Å². The average molecular weight is 449 g/mol. The van der Waals surface area contributed by atoms with Gasteiger partial charge < -0.3 is 14.8 Å². The molecule has 0 aliphatic carbocycles. The van der Waals surface area contributed by atoms with Crippen molar-refractivity contribution in [3.8, 4) is 11.9 Å². The Labute approximate surface area is 178 Å². The number of anilines is 2. The van der Waals surface area contributed by atoms with Crippen molar-refractivity contribution in [2.75, 3.05) is 24.3 Å². The fourth-order valence-electron chi connectivity index (χ4n) is 2.41. The Morgan fingerprint density at radius 3 is 2.33 bits per heavy atom. The Hall–Kier alpha value is -3.37. The third-order valence-electron chi connectivity index (χ3n) is 3.85. The summed E-state index contributed by atoms with van der Waals surface area (Å²) in [5.74, 6) is -0.290. The van der Waals surface area contributed by atoms with Crippen LogP contribution in [0.15, 0.2) is 59.5 Å². The number of hydrogen-bond acceptors (Lipinski definition) is 7. The van der Waals surface area contributed by atoms with Gasteiger partial charge in [-0.15, -0.1) is 0 Å². The minimum Gasteiger partial charge on any atom is -0.481 e. The Morgan fingerprint density at radius 1 is 1.00 bits per heavy atom. The highest BCUT2D eigenvalue weighted by atomic mass is 35.5. The average Bonchev–Trinajstić information content (AvgIpc) is 2.73. The van der Waals surface area contributed by atoms with Crippen LogP contribution in [0.1, 0.15) is 10.4 Å². The number of carbonyl (C=O) groups is 1. The van der Waals surface area contributed by atoms with Crippen LogP contribution in [0.3, 0.4) is 0 Å². The summed E-state index contributed by atoms with van der Waals surface area (Å²) in [5.41, 5.74) is 0.716. The van der Waals surface area contributed by atoms with E-state index in [1.54, 1.807) is 24.3 Å². The lowest BCUT2D eigenvalue weighted by molar-refractivity contribution is 0.102.